The molecule has 54 heavy (non-hydrogen) atoms. The minimum Gasteiger partial charge on any atom is -0.456 e. The SMILES string of the molecule is c1ccc(-c2nc(-c3ccccc3)nc(-c3ccc4oc5cccc(-c6nc(-c7cccc8oc9ccccc9c78)c7ccccc7n6)c5c4c3)n2)cc1. The first-order valence-electron chi connectivity index (χ1n) is 17.8. The van der Waals surface area contributed by atoms with Crippen molar-refractivity contribution in [1.29, 1.82) is 0 Å². The van der Waals surface area contributed by atoms with Gasteiger partial charge in [0.2, 0.25) is 0 Å². The first-order valence-corrected chi connectivity index (χ1v) is 17.8. The fourth-order valence-corrected chi connectivity index (χ4v) is 7.46. The molecule has 0 saturated carbocycles. The lowest BCUT2D eigenvalue weighted by Gasteiger charge is -2.11. The predicted octanol–water partition coefficient (Wildman–Crippen LogP) is 11.9. The van der Waals surface area contributed by atoms with Gasteiger partial charge in [0.05, 0.1) is 11.2 Å². The molecule has 11 aromatic rings. The van der Waals surface area contributed by atoms with Gasteiger partial charge in [0, 0.05) is 54.7 Å². The van der Waals surface area contributed by atoms with Gasteiger partial charge < -0.3 is 8.83 Å². The summed E-state index contributed by atoms with van der Waals surface area (Å²) >= 11 is 0. The van der Waals surface area contributed by atoms with Crippen LogP contribution in [0.1, 0.15) is 0 Å². The number of aromatic nitrogens is 5. The van der Waals surface area contributed by atoms with Crippen molar-refractivity contribution < 1.29 is 8.83 Å². The molecule has 0 unspecified atom stereocenters. The van der Waals surface area contributed by atoms with Crippen molar-refractivity contribution in [3.63, 3.8) is 0 Å². The van der Waals surface area contributed by atoms with E-state index in [9.17, 15) is 0 Å². The molecular weight excluding hydrogens is 667 g/mol. The number of nitrogens with zero attached hydrogens (tertiary/aromatic N) is 5. The second-order valence-corrected chi connectivity index (χ2v) is 13.2. The van der Waals surface area contributed by atoms with E-state index in [1.807, 2.05) is 133 Å². The lowest BCUT2D eigenvalue weighted by atomic mass is 9.99. The minimum atomic E-state index is 0.570. The number of furan rings is 2. The molecule has 0 bridgehead atoms. The number of benzene rings is 7. The Labute approximate surface area is 308 Å². The van der Waals surface area contributed by atoms with E-state index in [1.54, 1.807) is 0 Å². The van der Waals surface area contributed by atoms with Gasteiger partial charge in [0.1, 0.15) is 22.3 Å². The Morgan fingerprint density at radius 1 is 0.315 bits per heavy atom. The Kier molecular flexibility index (Phi) is 6.72. The Morgan fingerprint density at radius 3 is 1.56 bits per heavy atom. The van der Waals surface area contributed by atoms with E-state index in [1.165, 1.54) is 0 Å². The van der Waals surface area contributed by atoms with Gasteiger partial charge in [-0.3, -0.25) is 0 Å². The molecule has 0 aliphatic rings. The average molecular weight is 694 g/mol. The highest BCUT2D eigenvalue weighted by Gasteiger charge is 2.21. The summed E-state index contributed by atoms with van der Waals surface area (Å²) in [6.45, 7) is 0. The van der Waals surface area contributed by atoms with E-state index in [2.05, 4.69) is 30.3 Å². The summed E-state index contributed by atoms with van der Waals surface area (Å²) in [5.41, 5.74) is 9.36. The molecule has 7 heteroatoms. The largest absolute Gasteiger partial charge is 0.456 e. The third-order valence-electron chi connectivity index (χ3n) is 9.95. The van der Waals surface area contributed by atoms with Crippen LogP contribution in [0.25, 0.3) is 112 Å². The second kappa shape index (κ2) is 12.0. The van der Waals surface area contributed by atoms with Gasteiger partial charge in [0.25, 0.3) is 0 Å². The summed E-state index contributed by atoms with van der Waals surface area (Å²) in [7, 11) is 0. The zero-order valence-corrected chi connectivity index (χ0v) is 28.6. The summed E-state index contributed by atoms with van der Waals surface area (Å²) in [4.78, 5) is 25.4. The molecule has 11 rings (SSSR count). The van der Waals surface area contributed by atoms with Crippen LogP contribution in [0.5, 0.6) is 0 Å². The quantitative estimate of drug-likeness (QED) is 0.177. The van der Waals surface area contributed by atoms with Crippen molar-refractivity contribution in [3.05, 3.63) is 164 Å². The number of para-hydroxylation sites is 2. The van der Waals surface area contributed by atoms with Crippen molar-refractivity contribution in [2.24, 2.45) is 0 Å². The highest BCUT2D eigenvalue weighted by atomic mass is 16.3. The van der Waals surface area contributed by atoms with Crippen molar-refractivity contribution >= 4 is 54.8 Å². The molecule has 252 valence electrons. The Morgan fingerprint density at radius 2 is 0.852 bits per heavy atom. The first-order chi connectivity index (χ1) is 26.7. The number of fused-ring (bicyclic) bond motifs is 7. The van der Waals surface area contributed by atoms with Gasteiger partial charge in [-0.25, -0.2) is 24.9 Å². The molecule has 0 aliphatic carbocycles. The average Bonchev–Trinajstić information content (AvgIpc) is 3.82. The van der Waals surface area contributed by atoms with Crippen molar-refractivity contribution in [1.82, 2.24) is 24.9 Å². The first kappa shape index (κ1) is 30.1. The molecule has 0 aliphatic heterocycles. The molecule has 0 fully saturated rings. The molecule has 7 nitrogen and oxygen atoms in total. The van der Waals surface area contributed by atoms with Crippen molar-refractivity contribution in [2.75, 3.05) is 0 Å². The molecular formula is C47H27N5O2. The van der Waals surface area contributed by atoms with E-state index < -0.39 is 0 Å². The summed E-state index contributed by atoms with van der Waals surface area (Å²) < 4.78 is 12.7. The molecule has 4 aromatic heterocycles. The molecule has 0 atom stereocenters. The lowest BCUT2D eigenvalue weighted by Crippen LogP contribution is -2.00. The molecule has 0 radical (unpaired) electrons. The summed E-state index contributed by atoms with van der Waals surface area (Å²) in [5.74, 6) is 2.39. The van der Waals surface area contributed by atoms with Gasteiger partial charge in [-0.15, -0.1) is 0 Å². The van der Waals surface area contributed by atoms with Crippen molar-refractivity contribution in [3.8, 4) is 56.8 Å². The van der Waals surface area contributed by atoms with Crippen LogP contribution in [0.15, 0.2) is 173 Å². The van der Waals surface area contributed by atoms with Crippen LogP contribution in [-0.2, 0) is 0 Å². The van der Waals surface area contributed by atoms with Gasteiger partial charge in [-0.2, -0.15) is 0 Å². The zero-order chi connectivity index (χ0) is 35.6. The van der Waals surface area contributed by atoms with Crippen LogP contribution in [0.4, 0.5) is 0 Å². The van der Waals surface area contributed by atoms with Crippen LogP contribution in [0.2, 0.25) is 0 Å². The van der Waals surface area contributed by atoms with Crippen LogP contribution in [-0.4, -0.2) is 24.9 Å². The van der Waals surface area contributed by atoms with Gasteiger partial charge in [0.15, 0.2) is 23.3 Å². The van der Waals surface area contributed by atoms with Crippen LogP contribution < -0.4 is 0 Å². The maximum Gasteiger partial charge on any atom is 0.164 e. The second-order valence-electron chi connectivity index (χ2n) is 13.2. The molecule has 4 heterocycles. The predicted molar refractivity (Wildman–Crippen MR) is 215 cm³/mol. The van der Waals surface area contributed by atoms with Gasteiger partial charge >= 0.3 is 0 Å². The van der Waals surface area contributed by atoms with Crippen LogP contribution >= 0.6 is 0 Å². The maximum atomic E-state index is 6.47. The van der Waals surface area contributed by atoms with E-state index >= 15 is 0 Å². The number of hydrogen-bond acceptors (Lipinski definition) is 7. The monoisotopic (exact) mass is 693 g/mol. The Balaban J connectivity index is 1.13. The Bertz CT molecular complexity index is 3170. The highest BCUT2D eigenvalue weighted by molar-refractivity contribution is 6.16. The fourth-order valence-electron chi connectivity index (χ4n) is 7.46. The molecule has 0 amide bonds. The normalized spacial score (nSPS) is 11.7. The summed E-state index contributed by atoms with van der Waals surface area (Å²) in [6.07, 6.45) is 0. The molecule has 0 N–H and O–H groups in total. The number of rotatable bonds is 5. The molecule has 0 spiro atoms. The Hall–Kier alpha value is -7.51. The van der Waals surface area contributed by atoms with Gasteiger partial charge in [-0.05, 0) is 42.5 Å². The highest BCUT2D eigenvalue weighted by Crippen LogP contribution is 2.41. The molecule has 0 saturated heterocycles. The molecule has 7 aromatic carbocycles. The topological polar surface area (TPSA) is 90.7 Å². The fraction of sp³-hybridized carbons (Fsp3) is 0. The van der Waals surface area contributed by atoms with Crippen LogP contribution in [0.3, 0.4) is 0 Å². The standard InChI is InChI=1S/C47H27N5O2/c1-3-13-28(14-4-1)44-50-45(29-15-5-2-6-16-29)52-46(51-44)30-25-26-38-35(27-30)42-34(20-12-24-40(42)54-38)47-48-36-21-9-7-17-31(36)43(49-47)33-19-11-23-39-41(33)32-18-8-10-22-37(32)53-39/h1-27H. The third-order valence-corrected chi connectivity index (χ3v) is 9.95. The third kappa shape index (κ3) is 4.87. The smallest absolute Gasteiger partial charge is 0.164 e. The minimum absolute atomic E-state index is 0.570. The van der Waals surface area contributed by atoms with Crippen molar-refractivity contribution in [2.45, 2.75) is 0 Å². The summed E-state index contributed by atoms with van der Waals surface area (Å²) in [5, 5.41) is 4.88. The maximum absolute atomic E-state index is 6.47. The van der Waals surface area contributed by atoms with E-state index in [-0.39, 0.29) is 0 Å². The summed E-state index contributed by atoms with van der Waals surface area (Å²) in [6, 6.07) is 54.6. The van der Waals surface area contributed by atoms with E-state index in [0.717, 1.165) is 88.3 Å². The van der Waals surface area contributed by atoms with Crippen LogP contribution in [0, 0.1) is 0 Å². The van der Waals surface area contributed by atoms with E-state index in [4.69, 9.17) is 33.8 Å². The van der Waals surface area contributed by atoms with E-state index in [0.29, 0.717) is 23.3 Å². The van der Waals surface area contributed by atoms with Gasteiger partial charge in [-0.1, -0.05) is 121 Å². The zero-order valence-electron chi connectivity index (χ0n) is 28.6. The lowest BCUT2D eigenvalue weighted by molar-refractivity contribution is 0.668. The number of hydrogen-bond donors (Lipinski definition) is 0.